The molecule has 0 atom stereocenters. The lowest BCUT2D eigenvalue weighted by Gasteiger charge is -2.12. The lowest BCUT2D eigenvalue weighted by molar-refractivity contribution is 0.0748. The van der Waals surface area contributed by atoms with Crippen LogP contribution in [0.25, 0.3) is 11.5 Å². The summed E-state index contributed by atoms with van der Waals surface area (Å²) in [5, 5.41) is 3.89. The monoisotopic (exact) mass is 298 g/mol. The van der Waals surface area contributed by atoms with E-state index in [-0.39, 0.29) is 18.2 Å². The summed E-state index contributed by atoms with van der Waals surface area (Å²) >= 11 is 0. The number of hydrogen-bond acceptors (Lipinski definition) is 6. The predicted molar refractivity (Wildman–Crippen MR) is 76.8 cm³/mol. The summed E-state index contributed by atoms with van der Waals surface area (Å²) in [7, 11) is 1.64. The van der Waals surface area contributed by atoms with Gasteiger partial charge >= 0.3 is 0 Å². The molecular weight excluding hydrogens is 284 g/mol. The number of benzene rings is 1. The van der Waals surface area contributed by atoms with Gasteiger partial charge in [-0.2, -0.15) is 4.98 Å². The van der Waals surface area contributed by atoms with Gasteiger partial charge in [-0.25, -0.2) is 4.98 Å². The van der Waals surface area contributed by atoms with Crippen LogP contribution in [0.4, 0.5) is 0 Å². The molecule has 0 fully saturated rings. The molecule has 2 heterocycles. The summed E-state index contributed by atoms with van der Waals surface area (Å²) in [4.78, 5) is 21.9. The van der Waals surface area contributed by atoms with E-state index >= 15 is 0 Å². The van der Waals surface area contributed by atoms with Crippen LogP contribution in [0.5, 0.6) is 0 Å². The molecular formula is C15H14N4O3. The Balaban J connectivity index is 1.73. The van der Waals surface area contributed by atoms with E-state index in [1.165, 1.54) is 11.3 Å². The van der Waals surface area contributed by atoms with Crippen molar-refractivity contribution < 1.29 is 13.7 Å². The molecule has 3 aromatic rings. The molecule has 7 nitrogen and oxygen atoms in total. The van der Waals surface area contributed by atoms with Crippen molar-refractivity contribution in [2.75, 3.05) is 7.05 Å². The molecule has 0 spiro atoms. The number of oxazole rings is 1. The van der Waals surface area contributed by atoms with Crippen molar-refractivity contribution in [3.05, 3.63) is 54.0 Å². The summed E-state index contributed by atoms with van der Waals surface area (Å²) in [6.45, 7) is 1.93. The van der Waals surface area contributed by atoms with Crippen molar-refractivity contribution in [1.82, 2.24) is 20.0 Å². The number of carbonyl (C=O) groups is 1. The third kappa shape index (κ3) is 2.73. The normalized spacial score (nSPS) is 10.6. The summed E-state index contributed by atoms with van der Waals surface area (Å²) in [5.74, 6) is 0.787. The van der Waals surface area contributed by atoms with Crippen molar-refractivity contribution >= 4 is 5.91 Å². The highest BCUT2D eigenvalue weighted by molar-refractivity contribution is 5.92. The molecule has 1 amide bonds. The molecule has 0 unspecified atom stereocenters. The molecule has 0 saturated heterocycles. The van der Waals surface area contributed by atoms with Gasteiger partial charge in [0, 0.05) is 12.6 Å². The molecule has 7 heteroatoms. The van der Waals surface area contributed by atoms with E-state index in [9.17, 15) is 4.79 Å². The van der Waals surface area contributed by atoms with Crippen LogP contribution >= 0.6 is 0 Å². The first-order chi connectivity index (χ1) is 10.6. The fraction of sp³-hybridized carbons (Fsp3) is 0.200. The van der Waals surface area contributed by atoms with Crippen molar-refractivity contribution in [2.24, 2.45) is 0 Å². The zero-order valence-electron chi connectivity index (χ0n) is 12.2. The molecule has 0 N–H and O–H groups in total. The van der Waals surface area contributed by atoms with Gasteiger partial charge in [0.1, 0.15) is 0 Å². The Hall–Kier alpha value is -2.96. The molecule has 3 rings (SSSR count). The third-order valence-electron chi connectivity index (χ3n) is 3.15. The Morgan fingerprint density at radius 1 is 1.27 bits per heavy atom. The van der Waals surface area contributed by atoms with E-state index in [0.717, 1.165) is 5.56 Å². The van der Waals surface area contributed by atoms with E-state index in [0.29, 0.717) is 17.4 Å². The van der Waals surface area contributed by atoms with Crippen LogP contribution in [0.3, 0.4) is 0 Å². The van der Waals surface area contributed by atoms with E-state index in [1.807, 2.05) is 30.3 Å². The largest absolute Gasteiger partial charge is 0.438 e. The van der Waals surface area contributed by atoms with Crippen LogP contribution in [-0.2, 0) is 6.54 Å². The Morgan fingerprint density at radius 3 is 2.73 bits per heavy atom. The Morgan fingerprint density at radius 2 is 2.05 bits per heavy atom. The summed E-state index contributed by atoms with van der Waals surface area (Å²) in [6.07, 6.45) is 1.25. The maximum absolute atomic E-state index is 12.2. The van der Waals surface area contributed by atoms with Gasteiger partial charge in [0.05, 0.1) is 12.2 Å². The van der Waals surface area contributed by atoms with Crippen LogP contribution in [0, 0.1) is 6.92 Å². The van der Waals surface area contributed by atoms with Crippen LogP contribution in [-0.4, -0.2) is 33.0 Å². The van der Waals surface area contributed by atoms with Crippen LogP contribution in [0.2, 0.25) is 0 Å². The van der Waals surface area contributed by atoms with Crippen molar-refractivity contribution in [1.29, 1.82) is 0 Å². The molecule has 2 aromatic heterocycles. The van der Waals surface area contributed by atoms with Crippen LogP contribution in [0.1, 0.15) is 22.1 Å². The number of rotatable bonds is 4. The smallest absolute Gasteiger partial charge is 0.291 e. The molecule has 0 bridgehead atoms. The minimum absolute atomic E-state index is 0.217. The third-order valence-corrected chi connectivity index (χ3v) is 3.15. The number of nitrogens with zero attached hydrogens (tertiary/aromatic N) is 4. The topological polar surface area (TPSA) is 85.3 Å². The van der Waals surface area contributed by atoms with E-state index < -0.39 is 0 Å². The highest BCUT2D eigenvalue weighted by Gasteiger charge is 2.20. The zero-order chi connectivity index (χ0) is 15.5. The lowest BCUT2D eigenvalue weighted by atomic mass is 10.2. The number of carbonyl (C=O) groups excluding carboxylic acids is 1. The van der Waals surface area contributed by atoms with E-state index in [1.54, 1.807) is 14.0 Å². The van der Waals surface area contributed by atoms with Crippen molar-refractivity contribution in [2.45, 2.75) is 13.5 Å². The van der Waals surface area contributed by atoms with Crippen LogP contribution < -0.4 is 0 Å². The molecule has 0 aliphatic heterocycles. The molecule has 0 aliphatic carbocycles. The Bertz CT molecular complexity index is 779. The Kier molecular flexibility index (Phi) is 3.69. The number of aryl methyl sites for hydroxylation is 1. The number of amides is 1. The van der Waals surface area contributed by atoms with Gasteiger partial charge in [0.2, 0.25) is 5.76 Å². The highest BCUT2D eigenvalue weighted by atomic mass is 16.5. The van der Waals surface area contributed by atoms with Gasteiger partial charge in [-0.1, -0.05) is 23.4 Å². The van der Waals surface area contributed by atoms with Gasteiger partial charge < -0.3 is 13.8 Å². The predicted octanol–water partition coefficient (Wildman–Crippen LogP) is 2.31. The first-order valence-electron chi connectivity index (χ1n) is 6.68. The quantitative estimate of drug-likeness (QED) is 0.734. The van der Waals surface area contributed by atoms with Crippen molar-refractivity contribution in [3.63, 3.8) is 0 Å². The molecule has 0 saturated carbocycles. The van der Waals surface area contributed by atoms with Gasteiger partial charge in [-0.3, -0.25) is 4.79 Å². The number of hydrogen-bond donors (Lipinski definition) is 0. The van der Waals surface area contributed by atoms with Gasteiger partial charge in [-0.05, 0) is 19.1 Å². The summed E-state index contributed by atoms with van der Waals surface area (Å²) in [6, 6.07) is 9.45. The van der Waals surface area contributed by atoms with Gasteiger partial charge in [-0.15, -0.1) is 0 Å². The van der Waals surface area contributed by atoms with Gasteiger partial charge in [0.15, 0.2) is 12.2 Å². The summed E-state index contributed by atoms with van der Waals surface area (Å²) in [5.41, 5.74) is 1.39. The standard InChI is InChI=1S/C15H14N4O3/c1-10-13(21-9-16-10)15(20)19(2)8-12-17-14(22-18-12)11-6-4-3-5-7-11/h3-7,9H,8H2,1-2H3. The second kappa shape index (κ2) is 5.80. The maximum atomic E-state index is 12.2. The van der Waals surface area contributed by atoms with E-state index in [4.69, 9.17) is 8.94 Å². The first-order valence-corrected chi connectivity index (χ1v) is 6.68. The number of aromatic nitrogens is 3. The second-order valence-electron chi connectivity index (χ2n) is 4.81. The molecule has 0 aliphatic rings. The SMILES string of the molecule is Cc1ncoc1C(=O)N(C)Cc1noc(-c2ccccc2)n1. The molecule has 0 radical (unpaired) electrons. The van der Waals surface area contributed by atoms with Crippen LogP contribution in [0.15, 0.2) is 45.7 Å². The average Bonchev–Trinajstić information content (AvgIpc) is 3.16. The fourth-order valence-corrected chi connectivity index (χ4v) is 1.98. The molecule has 22 heavy (non-hydrogen) atoms. The lowest BCUT2D eigenvalue weighted by Crippen LogP contribution is -2.26. The second-order valence-corrected chi connectivity index (χ2v) is 4.81. The molecule has 112 valence electrons. The minimum atomic E-state index is -0.277. The minimum Gasteiger partial charge on any atom is -0.438 e. The fourth-order valence-electron chi connectivity index (χ4n) is 1.98. The van der Waals surface area contributed by atoms with Gasteiger partial charge in [0.25, 0.3) is 11.8 Å². The molecule has 1 aromatic carbocycles. The zero-order valence-corrected chi connectivity index (χ0v) is 12.2. The maximum Gasteiger partial charge on any atom is 0.291 e. The van der Waals surface area contributed by atoms with Crippen molar-refractivity contribution in [3.8, 4) is 11.5 Å². The van der Waals surface area contributed by atoms with E-state index in [2.05, 4.69) is 15.1 Å². The highest BCUT2D eigenvalue weighted by Crippen LogP contribution is 2.17. The summed E-state index contributed by atoms with van der Waals surface area (Å²) < 4.78 is 10.3. The average molecular weight is 298 g/mol. The Labute approximate surface area is 126 Å². The first kappa shape index (κ1) is 14.0.